The van der Waals surface area contributed by atoms with Crippen molar-refractivity contribution in [2.75, 3.05) is 52.6 Å². The zero-order valence-corrected chi connectivity index (χ0v) is 46.6. The lowest BCUT2D eigenvalue weighted by molar-refractivity contribution is -1.20. The molecule has 0 fully saturated rings. The molecule has 0 aliphatic heterocycles. The number of carbonyl (C=O) groups excluding carboxylic acids is 6. The SMILES string of the molecule is CC(C)[N+](O)(O)C(=O)c1cc(OC(I)C(=O)NCC(CO)(CO)CNC(=O)C(I)Oc2cc(C(=O)[N+](O)(O)C(C)C)c(I)c(C(=O)NCCO)c2I)c(I)c(C(=O)NCCO)c1I. The van der Waals surface area contributed by atoms with E-state index >= 15 is 0 Å². The fourth-order valence-electron chi connectivity index (χ4n) is 4.82. The zero-order valence-electron chi connectivity index (χ0n) is 33.6. The maximum absolute atomic E-state index is 13.4. The topological polar surface area (TPSA) is 331 Å². The molecule has 6 amide bonds. The first-order valence-corrected chi connectivity index (χ1v) is 25.0. The Labute approximate surface area is 442 Å². The number of aliphatic hydroxyl groups is 4. The van der Waals surface area contributed by atoms with Crippen LogP contribution in [0.25, 0.3) is 0 Å². The number of ether oxygens (including phenoxy) is 2. The number of hydroxylamine groups is 8. The molecule has 0 heterocycles. The van der Waals surface area contributed by atoms with Crippen molar-refractivity contribution >= 4 is 171 Å². The van der Waals surface area contributed by atoms with Crippen LogP contribution in [0.5, 0.6) is 11.5 Å². The Balaban J connectivity index is 2.36. The maximum atomic E-state index is 13.4. The minimum atomic E-state index is -2.07. The van der Waals surface area contributed by atoms with Gasteiger partial charge in [-0.3, -0.25) is 19.2 Å². The molecule has 0 aromatic heterocycles. The van der Waals surface area contributed by atoms with E-state index in [2.05, 4.69) is 21.3 Å². The van der Waals surface area contributed by atoms with Crippen molar-refractivity contribution in [2.45, 2.75) is 48.0 Å². The van der Waals surface area contributed by atoms with Crippen LogP contribution in [0, 0.1) is 19.7 Å². The highest BCUT2D eigenvalue weighted by atomic mass is 127. The lowest BCUT2D eigenvalue weighted by Gasteiger charge is -2.31. The zero-order chi connectivity index (χ0) is 48.4. The highest BCUT2D eigenvalue weighted by Gasteiger charge is 2.44. The van der Waals surface area contributed by atoms with E-state index in [1.165, 1.54) is 27.7 Å². The molecule has 2 unspecified atom stereocenters. The summed E-state index contributed by atoms with van der Waals surface area (Å²) >= 11 is 10.1. The van der Waals surface area contributed by atoms with Crippen molar-refractivity contribution in [1.82, 2.24) is 21.3 Å². The summed E-state index contributed by atoms with van der Waals surface area (Å²) in [5.74, 6) is -5.88. The number of nitrogens with zero attached hydrogens (tertiary/aromatic N) is 2. The van der Waals surface area contributed by atoms with Gasteiger partial charge in [0, 0.05) is 42.9 Å². The Kier molecular flexibility index (Phi) is 23.7. The van der Waals surface area contributed by atoms with E-state index in [1.54, 1.807) is 136 Å². The van der Waals surface area contributed by atoms with Crippen LogP contribution in [0.2, 0.25) is 0 Å². The van der Waals surface area contributed by atoms with Crippen molar-refractivity contribution in [3.63, 3.8) is 0 Å². The molecule has 0 saturated carbocycles. The molecule has 63 heavy (non-hydrogen) atoms. The first kappa shape index (κ1) is 58.4. The molecule has 0 bridgehead atoms. The molecule has 2 atom stereocenters. The summed E-state index contributed by atoms with van der Waals surface area (Å²) in [6.45, 7) is 1.96. The van der Waals surface area contributed by atoms with Crippen molar-refractivity contribution in [3.8, 4) is 11.5 Å². The smallest absolute Gasteiger partial charge is 0.412 e. The Bertz CT molecular complexity index is 1900. The quantitative estimate of drug-likeness (QED) is 0.0264. The monoisotopic (exact) mass is 1570 g/mol. The Morgan fingerprint density at radius 2 is 0.905 bits per heavy atom. The van der Waals surface area contributed by atoms with Gasteiger partial charge in [-0.1, -0.05) is 0 Å². The van der Waals surface area contributed by atoms with E-state index in [0.29, 0.717) is 0 Å². The van der Waals surface area contributed by atoms with Gasteiger partial charge >= 0.3 is 11.8 Å². The molecule has 0 saturated heterocycles. The molecule has 22 nitrogen and oxygen atoms in total. The molecule has 2 rings (SSSR count). The first-order valence-electron chi connectivity index (χ1n) is 18.2. The van der Waals surface area contributed by atoms with Crippen LogP contribution in [0.3, 0.4) is 0 Å². The predicted molar refractivity (Wildman–Crippen MR) is 269 cm³/mol. The molecule has 0 radical (unpaired) electrons. The molecule has 12 N–H and O–H groups in total. The summed E-state index contributed by atoms with van der Waals surface area (Å²) in [5, 5.41) is 91.2. The highest BCUT2D eigenvalue weighted by Crippen LogP contribution is 2.36. The number of carbonyl (C=O) groups is 6. The number of benzene rings is 2. The summed E-state index contributed by atoms with van der Waals surface area (Å²) in [6, 6.07) is 0.218. The minimum Gasteiger partial charge on any atom is -0.469 e. The summed E-state index contributed by atoms with van der Waals surface area (Å²) in [6.07, 6.45) is 0. The third kappa shape index (κ3) is 14.6. The van der Waals surface area contributed by atoms with E-state index in [9.17, 15) is 70.0 Å². The average Bonchev–Trinajstić information content (AvgIpc) is 3.23. The van der Waals surface area contributed by atoms with Gasteiger partial charge in [0.1, 0.15) is 22.6 Å². The fourth-order valence-corrected chi connectivity index (χ4v) is 10.2. The van der Waals surface area contributed by atoms with Gasteiger partial charge in [-0.15, -0.1) is 0 Å². The lowest BCUT2D eigenvalue weighted by atomic mass is 9.89. The van der Waals surface area contributed by atoms with Gasteiger partial charge in [-0.2, -0.15) is 20.8 Å². The summed E-state index contributed by atoms with van der Waals surface area (Å²) in [5.41, 5.74) is -2.45. The van der Waals surface area contributed by atoms with Crippen molar-refractivity contribution in [3.05, 3.63) is 48.7 Å². The summed E-state index contributed by atoms with van der Waals surface area (Å²) < 4.78 is 9.25. The summed E-state index contributed by atoms with van der Waals surface area (Å²) in [4.78, 5) is 75.5. The third-order valence-electron chi connectivity index (χ3n) is 8.90. The Morgan fingerprint density at radius 3 is 1.17 bits per heavy atom. The number of halogens is 6. The average molecular weight is 1570 g/mol. The Hall–Kier alpha value is -0.760. The number of amides is 6. The second-order valence-corrected chi connectivity index (χ2v) is 20.6. The van der Waals surface area contributed by atoms with Crippen LogP contribution in [-0.4, -0.2) is 159 Å². The molecule has 2 aromatic carbocycles. The van der Waals surface area contributed by atoms with Gasteiger partial charge in [0.2, 0.25) is 8.22 Å². The molecule has 0 spiro atoms. The normalized spacial score (nSPS) is 13.0. The first-order chi connectivity index (χ1) is 29.2. The second-order valence-electron chi connectivity index (χ2n) is 14.0. The van der Waals surface area contributed by atoms with Crippen molar-refractivity contribution in [2.24, 2.45) is 5.41 Å². The molecule has 28 heteroatoms. The number of hydrogen-bond acceptors (Lipinski definition) is 16. The van der Waals surface area contributed by atoms with Crippen LogP contribution in [0.15, 0.2) is 12.1 Å². The molecule has 352 valence electrons. The Morgan fingerprint density at radius 1 is 0.587 bits per heavy atom. The standard InChI is InChI=1S/C35H44I6N6O16/c1-15(2)46(58,59)33(56)17-9-19(25(38)21(23(17)36)29(52)42-5-7-48)62-27(40)31(54)44-11-35(13-50,14-51)12-45-32(55)28(41)63-20-10-18(34(57)47(60,61)16(3)4)24(37)22(26(20)39)30(53)43-6-8-49/h9-10,15-16,27-28,48-51,58-61H,5-8,11-14H2,1-4H3,(H2-2,42,43,44,45,52,53,54,55)/p+2. The van der Waals surface area contributed by atoms with Gasteiger partial charge in [0.15, 0.2) is 12.1 Å². The molecule has 0 aliphatic rings. The van der Waals surface area contributed by atoms with Crippen molar-refractivity contribution < 1.29 is 89.1 Å². The second kappa shape index (κ2) is 25.6. The largest absolute Gasteiger partial charge is 0.469 e. The highest BCUT2D eigenvalue weighted by molar-refractivity contribution is 14.1. The van der Waals surface area contributed by atoms with Crippen molar-refractivity contribution in [1.29, 1.82) is 0 Å². The van der Waals surface area contributed by atoms with E-state index in [-0.39, 0.29) is 61.1 Å². The van der Waals surface area contributed by atoms with Gasteiger partial charge in [-0.25, -0.2) is 9.59 Å². The van der Waals surface area contributed by atoms with E-state index in [1.807, 2.05) is 0 Å². The number of alkyl halides is 2. The maximum Gasteiger partial charge on any atom is 0.412 e. The van der Waals surface area contributed by atoms with E-state index in [0.717, 1.165) is 12.1 Å². The molecule has 0 aliphatic carbocycles. The number of hydrogen-bond donors (Lipinski definition) is 12. The number of nitrogens with one attached hydrogen (secondary N) is 4. The van der Waals surface area contributed by atoms with E-state index < -0.39 is 110 Å². The van der Waals surface area contributed by atoms with Crippen LogP contribution in [0.4, 0.5) is 0 Å². The van der Waals surface area contributed by atoms with Gasteiger partial charge in [-0.05, 0) is 175 Å². The third-order valence-corrected chi connectivity index (χ3v) is 14.9. The van der Waals surface area contributed by atoms with Gasteiger partial charge < -0.3 is 51.2 Å². The van der Waals surface area contributed by atoms with Gasteiger partial charge in [0.25, 0.3) is 23.6 Å². The predicted octanol–water partition coefficient (Wildman–Crippen LogP) is 2.02. The van der Waals surface area contributed by atoms with Gasteiger partial charge in [0.05, 0.1) is 50.1 Å². The van der Waals surface area contributed by atoms with Crippen LogP contribution < -0.4 is 30.7 Å². The molecular weight excluding hydrogens is 1520 g/mol. The molecular formula is C35H46I6N6O16+2. The summed E-state index contributed by atoms with van der Waals surface area (Å²) in [7, 11) is 0. The number of rotatable bonds is 22. The fraction of sp³-hybridized carbons (Fsp3) is 0.486. The number of quaternary nitrogens is 2. The van der Waals surface area contributed by atoms with Crippen LogP contribution in [0.1, 0.15) is 69.1 Å². The van der Waals surface area contributed by atoms with Crippen LogP contribution in [-0.2, 0) is 9.59 Å². The van der Waals surface area contributed by atoms with E-state index in [4.69, 9.17) is 9.47 Å². The lowest BCUT2D eigenvalue weighted by Crippen LogP contribution is -2.52. The number of aliphatic hydroxyl groups excluding tert-OH is 4. The van der Waals surface area contributed by atoms with Crippen LogP contribution >= 0.6 is 136 Å². The molecule has 2 aromatic rings. The minimum absolute atomic E-state index is 0.0299.